The number of anilines is 1. The lowest BCUT2D eigenvalue weighted by Gasteiger charge is -2.09. The molecular weight excluding hydrogens is 461 g/mol. The highest BCUT2D eigenvalue weighted by molar-refractivity contribution is 7.92. The first-order valence-corrected chi connectivity index (χ1v) is 11.1. The van der Waals surface area contributed by atoms with Gasteiger partial charge in [0.05, 0.1) is 22.1 Å². The van der Waals surface area contributed by atoms with Gasteiger partial charge in [-0.05, 0) is 54.1 Å². The summed E-state index contributed by atoms with van der Waals surface area (Å²) in [5.74, 6) is -0.0520. The molecule has 0 spiro atoms. The predicted molar refractivity (Wildman–Crippen MR) is 122 cm³/mol. The molecule has 0 amide bonds. The van der Waals surface area contributed by atoms with Gasteiger partial charge in [0, 0.05) is 11.3 Å². The first-order valence-electron chi connectivity index (χ1n) is 8.87. The molecule has 0 radical (unpaired) electrons. The van der Waals surface area contributed by atoms with Gasteiger partial charge in [-0.2, -0.15) is 0 Å². The molecule has 0 saturated heterocycles. The van der Waals surface area contributed by atoms with Gasteiger partial charge in [-0.1, -0.05) is 47.5 Å². The zero-order valence-electron chi connectivity index (χ0n) is 16.2. The molecule has 0 bridgehead atoms. The van der Waals surface area contributed by atoms with Crippen LogP contribution in [0.5, 0.6) is 11.5 Å². The first-order chi connectivity index (χ1) is 14.7. The SMILES string of the molecule is COc1cc(/C=C/C(=O)c2cccc(NS(=O)(=O)c3ccc(Cl)c(Cl)c3)c2)ccc1O. The minimum atomic E-state index is -3.92. The van der Waals surface area contributed by atoms with E-state index in [-0.39, 0.29) is 43.5 Å². The summed E-state index contributed by atoms with van der Waals surface area (Å²) in [6.45, 7) is 0. The largest absolute Gasteiger partial charge is 0.504 e. The Kier molecular flexibility index (Phi) is 6.90. The van der Waals surface area contributed by atoms with Crippen molar-refractivity contribution in [1.82, 2.24) is 0 Å². The summed E-state index contributed by atoms with van der Waals surface area (Å²) >= 11 is 11.7. The maximum absolute atomic E-state index is 12.6. The Morgan fingerprint density at radius 3 is 2.52 bits per heavy atom. The maximum Gasteiger partial charge on any atom is 0.261 e. The van der Waals surface area contributed by atoms with E-state index >= 15 is 0 Å². The molecule has 0 unspecified atom stereocenters. The molecule has 0 atom stereocenters. The third-order valence-corrected chi connectivity index (χ3v) is 6.35. The van der Waals surface area contributed by atoms with Crippen molar-refractivity contribution in [2.45, 2.75) is 4.90 Å². The number of aromatic hydroxyl groups is 1. The standard InChI is InChI=1S/C22H17Cl2NO5S/c1-30-22-11-14(6-10-21(22)27)5-9-20(26)15-3-2-4-16(12-15)25-31(28,29)17-7-8-18(23)19(24)13-17/h2-13,25,27H,1H3/b9-5+. The topological polar surface area (TPSA) is 92.7 Å². The van der Waals surface area contributed by atoms with Gasteiger partial charge in [-0.15, -0.1) is 0 Å². The highest BCUT2D eigenvalue weighted by Crippen LogP contribution is 2.28. The van der Waals surface area contributed by atoms with Crippen LogP contribution in [0, 0.1) is 0 Å². The highest BCUT2D eigenvalue weighted by Gasteiger charge is 2.16. The van der Waals surface area contributed by atoms with Gasteiger partial charge in [0.15, 0.2) is 17.3 Å². The van der Waals surface area contributed by atoms with E-state index in [4.69, 9.17) is 27.9 Å². The predicted octanol–water partition coefficient (Wildman–Crippen LogP) is 5.40. The number of sulfonamides is 1. The van der Waals surface area contributed by atoms with E-state index in [2.05, 4.69) is 4.72 Å². The lowest BCUT2D eigenvalue weighted by Crippen LogP contribution is -2.13. The Morgan fingerprint density at radius 2 is 1.81 bits per heavy atom. The van der Waals surface area contributed by atoms with E-state index < -0.39 is 10.0 Å². The van der Waals surface area contributed by atoms with Crippen molar-refractivity contribution >= 4 is 50.8 Å². The summed E-state index contributed by atoms with van der Waals surface area (Å²) in [5, 5.41) is 10.00. The third-order valence-electron chi connectivity index (χ3n) is 4.23. The second-order valence-electron chi connectivity index (χ2n) is 6.39. The van der Waals surface area contributed by atoms with Crippen molar-refractivity contribution in [2.24, 2.45) is 0 Å². The van der Waals surface area contributed by atoms with Crippen molar-refractivity contribution in [2.75, 3.05) is 11.8 Å². The first kappa shape index (κ1) is 22.7. The number of benzene rings is 3. The smallest absolute Gasteiger partial charge is 0.261 e. The Hall–Kier alpha value is -3.00. The summed E-state index contributed by atoms with van der Waals surface area (Å²) in [6.07, 6.45) is 2.91. The molecule has 31 heavy (non-hydrogen) atoms. The van der Waals surface area contributed by atoms with E-state index in [9.17, 15) is 18.3 Å². The molecule has 0 heterocycles. The third kappa shape index (κ3) is 5.58. The quantitative estimate of drug-likeness (QED) is 0.350. The number of hydrogen-bond donors (Lipinski definition) is 2. The molecule has 0 aliphatic carbocycles. The van der Waals surface area contributed by atoms with Crippen LogP contribution in [0.15, 0.2) is 71.6 Å². The molecule has 9 heteroatoms. The van der Waals surface area contributed by atoms with E-state index in [0.717, 1.165) is 0 Å². The number of phenols is 1. The molecule has 3 aromatic carbocycles. The number of halogens is 2. The number of carbonyl (C=O) groups is 1. The van der Waals surface area contributed by atoms with Crippen LogP contribution in [-0.4, -0.2) is 26.4 Å². The fraction of sp³-hybridized carbons (Fsp3) is 0.0455. The van der Waals surface area contributed by atoms with Crippen LogP contribution in [0.3, 0.4) is 0 Å². The average molecular weight is 478 g/mol. The molecule has 0 aliphatic heterocycles. The minimum Gasteiger partial charge on any atom is -0.504 e. The highest BCUT2D eigenvalue weighted by atomic mass is 35.5. The van der Waals surface area contributed by atoms with Gasteiger partial charge in [0.1, 0.15) is 0 Å². The number of methoxy groups -OCH3 is 1. The van der Waals surface area contributed by atoms with Gasteiger partial charge < -0.3 is 9.84 Å². The molecule has 6 nitrogen and oxygen atoms in total. The maximum atomic E-state index is 12.6. The summed E-state index contributed by atoms with van der Waals surface area (Å²) in [5.41, 5.74) is 1.16. The molecule has 160 valence electrons. The van der Waals surface area contributed by atoms with Crippen molar-refractivity contribution in [1.29, 1.82) is 0 Å². The van der Waals surface area contributed by atoms with Crippen molar-refractivity contribution in [3.8, 4) is 11.5 Å². The Morgan fingerprint density at radius 1 is 1.03 bits per heavy atom. The fourth-order valence-electron chi connectivity index (χ4n) is 2.66. The lowest BCUT2D eigenvalue weighted by molar-refractivity contribution is 0.104. The minimum absolute atomic E-state index is 0.00654. The summed E-state index contributed by atoms with van der Waals surface area (Å²) in [6, 6.07) is 14.7. The van der Waals surface area contributed by atoms with Gasteiger partial charge in [0.2, 0.25) is 0 Å². The molecule has 2 N–H and O–H groups in total. The molecular formula is C22H17Cl2NO5S. The second-order valence-corrected chi connectivity index (χ2v) is 8.89. The number of allylic oxidation sites excluding steroid dienone is 1. The second kappa shape index (κ2) is 9.43. The molecule has 0 saturated carbocycles. The van der Waals surface area contributed by atoms with Gasteiger partial charge in [-0.3, -0.25) is 9.52 Å². The summed E-state index contributed by atoms with van der Waals surface area (Å²) < 4.78 is 32.7. The number of ketones is 1. The number of ether oxygens (including phenoxy) is 1. The van der Waals surface area contributed by atoms with Crippen LogP contribution in [0.1, 0.15) is 15.9 Å². The van der Waals surface area contributed by atoms with Gasteiger partial charge >= 0.3 is 0 Å². The van der Waals surface area contributed by atoms with Crippen molar-refractivity contribution in [3.63, 3.8) is 0 Å². The number of carbonyl (C=O) groups excluding carboxylic acids is 1. The van der Waals surface area contributed by atoms with Crippen LogP contribution in [0.2, 0.25) is 10.0 Å². The molecule has 0 aliphatic rings. The van der Waals surface area contributed by atoms with Gasteiger partial charge in [0.25, 0.3) is 10.0 Å². The van der Waals surface area contributed by atoms with Crippen LogP contribution in [-0.2, 0) is 10.0 Å². The monoisotopic (exact) mass is 477 g/mol. The van der Waals surface area contributed by atoms with Crippen molar-refractivity contribution < 1.29 is 23.1 Å². The zero-order valence-corrected chi connectivity index (χ0v) is 18.5. The van der Waals surface area contributed by atoms with Crippen LogP contribution < -0.4 is 9.46 Å². The van der Waals surface area contributed by atoms with E-state index in [1.165, 1.54) is 49.6 Å². The van der Waals surface area contributed by atoms with Crippen LogP contribution in [0.25, 0.3) is 6.08 Å². The Labute approximate surface area is 189 Å². The number of hydrogen-bond acceptors (Lipinski definition) is 5. The fourth-order valence-corrected chi connectivity index (χ4v) is 4.10. The van der Waals surface area contributed by atoms with E-state index in [1.807, 2.05) is 0 Å². The molecule has 0 fully saturated rings. The summed E-state index contributed by atoms with van der Waals surface area (Å²) in [4.78, 5) is 12.5. The van der Waals surface area contributed by atoms with Crippen molar-refractivity contribution in [3.05, 3.63) is 87.9 Å². The number of nitrogens with one attached hydrogen (secondary N) is 1. The summed E-state index contributed by atoms with van der Waals surface area (Å²) in [7, 11) is -2.49. The Bertz CT molecular complexity index is 1270. The molecule has 3 rings (SSSR count). The number of rotatable bonds is 7. The number of phenolic OH excluding ortho intramolecular Hbond substituents is 1. The zero-order chi connectivity index (χ0) is 22.6. The van der Waals surface area contributed by atoms with E-state index in [0.29, 0.717) is 5.56 Å². The van der Waals surface area contributed by atoms with E-state index in [1.54, 1.807) is 30.3 Å². The van der Waals surface area contributed by atoms with Gasteiger partial charge in [-0.25, -0.2) is 8.42 Å². The normalized spacial score (nSPS) is 11.5. The van der Waals surface area contributed by atoms with Crippen LogP contribution in [0.4, 0.5) is 5.69 Å². The average Bonchev–Trinajstić information content (AvgIpc) is 2.74. The Balaban J connectivity index is 1.79. The van der Waals surface area contributed by atoms with Crippen LogP contribution >= 0.6 is 23.2 Å². The molecule has 3 aromatic rings. The molecule has 0 aromatic heterocycles. The lowest BCUT2D eigenvalue weighted by atomic mass is 10.1.